The molecule has 1 aliphatic heterocycles. The van der Waals surface area contributed by atoms with Crippen molar-refractivity contribution in [2.45, 2.75) is 24.8 Å². The van der Waals surface area contributed by atoms with E-state index < -0.39 is 0 Å². The van der Waals surface area contributed by atoms with Gasteiger partial charge in [-0.25, -0.2) is 0 Å². The molecule has 1 heteroatoms. The van der Waals surface area contributed by atoms with Crippen LogP contribution in [0.2, 0.25) is 0 Å². The van der Waals surface area contributed by atoms with E-state index in [2.05, 4.69) is 67.6 Å². The molecule has 0 saturated heterocycles. The largest absolute Gasteiger partial charge is 0.277 e. The van der Waals surface area contributed by atoms with Crippen LogP contribution in [0.5, 0.6) is 0 Å². The summed E-state index contributed by atoms with van der Waals surface area (Å²) in [6.45, 7) is 2.14. The first kappa shape index (κ1) is 11.7. The van der Waals surface area contributed by atoms with Crippen molar-refractivity contribution in [3.63, 3.8) is 0 Å². The molecule has 0 aromatic heterocycles. The van der Waals surface area contributed by atoms with Gasteiger partial charge >= 0.3 is 0 Å². The molecule has 0 fully saturated rings. The second kappa shape index (κ2) is 4.17. The van der Waals surface area contributed by atoms with Crippen molar-refractivity contribution < 1.29 is 0 Å². The summed E-state index contributed by atoms with van der Waals surface area (Å²) in [5.41, 5.74) is 5.32. The molecular formula is C19H17N. The summed E-state index contributed by atoms with van der Waals surface area (Å²) in [7, 11) is 0. The number of fused-ring (bicyclic) bond motifs is 2. The van der Waals surface area contributed by atoms with Crippen molar-refractivity contribution in [1.82, 2.24) is 0 Å². The van der Waals surface area contributed by atoms with E-state index in [0.717, 1.165) is 6.42 Å². The molecule has 1 heterocycles. The molecule has 0 saturated carbocycles. The van der Waals surface area contributed by atoms with E-state index in [1.165, 1.54) is 22.3 Å². The number of hydrogen-bond acceptors (Lipinski definition) is 1. The van der Waals surface area contributed by atoms with Crippen LogP contribution >= 0.6 is 0 Å². The number of aryl methyl sites for hydroxylation is 1. The second-order valence-corrected chi connectivity index (χ2v) is 5.79. The summed E-state index contributed by atoms with van der Waals surface area (Å²) in [5, 5.41) is 0. The fraction of sp³-hybridized carbons (Fsp3) is 0.211. The van der Waals surface area contributed by atoms with Crippen LogP contribution in [-0.4, -0.2) is 6.21 Å². The quantitative estimate of drug-likeness (QED) is 0.729. The first-order valence-electron chi connectivity index (χ1n) is 7.18. The monoisotopic (exact) mass is 259 g/mol. The summed E-state index contributed by atoms with van der Waals surface area (Å²) < 4.78 is 0. The number of nitrogens with zero attached hydrogens (tertiary/aromatic N) is 1. The molecule has 2 unspecified atom stereocenters. The highest BCUT2D eigenvalue weighted by Gasteiger charge is 2.46. The summed E-state index contributed by atoms with van der Waals surface area (Å²) in [6, 6.07) is 17.7. The van der Waals surface area contributed by atoms with Crippen LogP contribution in [0.1, 0.15) is 28.2 Å². The zero-order valence-corrected chi connectivity index (χ0v) is 11.6. The van der Waals surface area contributed by atoms with Gasteiger partial charge in [-0.2, -0.15) is 0 Å². The Morgan fingerprint density at radius 3 is 2.60 bits per heavy atom. The summed E-state index contributed by atoms with van der Waals surface area (Å²) in [6.07, 6.45) is 7.37. The normalized spacial score (nSPS) is 26.4. The molecule has 4 rings (SSSR count). The lowest BCUT2D eigenvalue weighted by Crippen LogP contribution is -2.24. The molecular weight excluding hydrogens is 242 g/mol. The van der Waals surface area contributed by atoms with Crippen LogP contribution in [-0.2, 0) is 12.0 Å². The van der Waals surface area contributed by atoms with Gasteiger partial charge in [-0.3, -0.25) is 4.99 Å². The van der Waals surface area contributed by atoms with Crippen LogP contribution in [0.3, 0.4) is 0 Å². The van der Waals surface area contributed by atoms with E-state index >= 15 is 0 Å². The highest BCUT2D eigenvalue weighted by atomic mass is 14.9. The van der Waals surface area contributed by atoms with E-state index in [-0.39, 0.29) is 5.54 Å². The third-order valence-corrected chi connectivity index (χ3v) is 4.61. The Hall–Kier alpha value is -2.15. The number of hydrogen-bond donors (Lipinski definition) is 0. The number of allylic oxidation sites excluding steroid dienone is 1. The Morgan fingerprint density at radius 1 is 1.05 bits per heavy atom. The maximum atomic E-state index is 4.85. The number of aliphatic imine (C=N–C) groups is 1. The molecule has 2 aromatic carbocycles. The summed E-state index contributed by atoms with van der Waals surface area (Å²) in [4.78, 5) is 4.85. The average Bonchev–Trinajstić information content (AvgIpc) is 3.08. The standard InChI is InChI=1S/C19H17N/c1-14-7-9-15(10-8-14)18-13-16-5-2-3-6-17(16)19(18)11-4-12-20-19/h2-12,18H,13H2,1H3. The smallest absolute Gasteiger partial charge is 0.111 e. The molecule has 98 valence electrons. The SMILES string of the molecule is Cc1ccc(C2Cc3ccccc3C23C=CC=N3)cc1. The van der Waals surface area contributed by atoms with Gasteiger partial charge < -0.3 is 0 Å². The van der Waals surface area contributed by atoms with E-state index in [1.807, 2.05) is 6.21 Å². The Kier molecular flexibility index (Phi) is 2.43. The molecule has 2 aliphatic rings. The van der Waals surface area contributed by atoms with Gasteiger partial charge in [0.2, 0.25) is 0 Å². The van der Waals surface area contributed by atoms with Crippen molar-refractivity contribution in [2.75, 3.05) is 0 Å². The minimum Gasteiger partial charge on any atom is -0.277 e. The molecule has 0 radical (unpaired) electrons. The van der Waals surface area contributed by atoms with Gasteiger partial charge in [0.25, 0.3) is 0 Å². The van der Waals surface area contributed by atoms with Gasteiger partial charge in [-0.1, -0.05) is 60.2 Å². The van der Waals surface area contributed by atoms with E-state index in [9.17, 15) is 0 Å². The Morgan fingerprint density at radius 2 is 1.85 bits per heavy atom. The van der Waals surface area contributed by atoms with Gasteiger partial charge in [0, 0.05) is 12.1 Å². The van der Waals surface area contributed by atoms with Crippen molar-refractivity contribution in [3.8, 4) is 0 Å². The van der Waals surface area contributed by atoms with Crippen molar-refractivity contribution in [3.05, 3.63) is 82.9 Å². The zero-order valence-electron chi connectivity index (χ0n) is 11.6. The molecule has 0 N–H and O–H groups in total. The van der Waals surface area contributed by atoms with E-state index in [0.29, 0.717) is 5.92 Å². The van der Waals surface area contributed by atoms with Gasteiger partial charge in [-0.15, -0.1) is 0 Å². The molecule has 2 atom stereocenters. The molecule has 20 heavy (non-hydrogen) atoms. The minimum atomic E-state index is -0.175. The minimum absolute atomic E-state index is 0.175. The summed E-state index contributed by atoms with van der Waals surface area (Å²) >= 11 is 0. The van der Waals surface area contributed by atoms with Crippen LogP contribution in [0.4, 0.5) is 0 Å². The average molecular weight is 259 g/mol. The van der Waals surface area contributed by atoms with Gasteiger partial charge in [0.1, 0.15) is 5.54 Å². The lowest BCUT2D eigenvalue weighted by Gasteiger charge is -2.28. The van der Waals surface area contributed by atoms with Crippen molar-refractivity contribution >= 4 is 6.21 Å². The van der Waals surface area contributed by atoms with Crippen molar-refractivity contribution in [1.29, 1.82) is 0 Å². The fourth-order valence-electron chi connectivity index (χ4n) is 3.59. The first-order valence-corrected chi connectivity index (χ1v) is 7.18. The van der Waals surface area contributed by atoms with Crippen LogP contribution in [0.15, 0.2) is 65.7 Å². The number of rotatable bonds is 1. The third-order valence-electron chi connectivity index (χ3n) is 4.61. The van der Waals surface area contributed by atoms with Crippen LogP contribution in [0, 0.1) is 6.92 Å². The maximum absolute atomic E-state index is 4.85. The lowest BCUT2D eigenvalue weighted by molar-refractivity contribution is 0.488. The Balaban J connectivity index is 1.88. The van der Waals surface area contributed by atoms with Crippen LogP contribution < -0.4 is 0 Å². The number of benzene rings is 2. The third kappa shape index (κ3) is 1.53. The lowest BCUT2D eigenvalue weighted by atomic mass is 9.80. The predicted octanol–water partition coefficient (Wildman–Crippen LogP) is 4.17. The highest BCUT2D eigenvalue weighted by Crippen LogP contribution is 2.51. The molecule has 0 bridgehead atoms. The Labute approximate surface area is 119 Å². The molecule has 1 aliphatic carbocycles. The second-order valence-electron chi connectivity index (χ2n) is 5.79. The topological polar surface area (TPSA) is 12.4 Å². The molecule has 2 aromatic rings. The van der Waals surface area contributed by atoms with Crippen LogP contribution in [0.25, 0.3) is 0 Å². The van der Waals surface area contributed by atoms with Gasteiger partial charge in [0.15, 0.2) is 0 Å². The Bertz CT molecular complexity index is 695. The zero-order chi connectivity index (χ0) is 13.6. The first-order chi connectivity index (χ1) is 9.79. The predicted molar refractivity (Wildman–Crippen MR) is 83.4 cm³/mol. The van der Waals surface area contributed by atoms with Crippen molar-refractivity contribution in [2.24, 2.45) is 4.99 Å². The van der Waals surface area contributed by atoms with Gasteiger partial charge in [0.05, 0.1) is 0 Å². The van der Waals surface area contributed by atoms with E-state index in [4.69, 9.17) is 4.99 Å². The van der Waals surface area contributed by atoms with E-state index in [1.54, 1.807) is 0 Å². The summed E-state index contributed by atoms with van der Waals surface area (Å²) in [5.74, 6) is 0.412. The molecule has 0 amide bonds. The highest BCUT2D eigenvalue weighted by molar-refractivity contribution is 5.77. The molecule has 1 nitrogen and oxygen atoms in total. The van der Waals surface area contributed by atoms with Gasteiger partial charge in [-0.05, 0) is 36.1 Å². The maximum Gasteiger partial charge on any atom is 0.111 e. The molecule has 1 spiro atoms. The fourth-order valence-corrected chi connectivity index (χ4v) is 3.59.